The van der Waals surface area contributed by atoms with Gasteiger partial charge in [0, 0.05) is 26.1 Å². The van der Waals surface area contributed by atoms with Gasteiger partial charge in [-0.15, -0.1) is 0 Å². The van der Waals surface area contributed by atoms with Crippen LogP contribution in [0.15, 0.2) is 0 Å². The van der Waals surface area contributed by atoms with E-state index in [1.807, 2.05) is 0 Å². The molecule has 92 valence electrons. The molecule has 2 nitrogen and oxygen atoms in total. The summed E-state index contributed by atoms with van der Waals surface area (Å²) in [5.41, 5.74) is 0.301. The Bertz CT molecular complexity index is 180. The van der Waals surface area contributed by atoms with E-state index < -0.39 is 5.79 Å². The van der Waals surface area contributed by atoms with Crippen molar-refractivity contribution in [2.24, 2.45) is 10.8 Å². The lowest BCUT2D eigenvalue weighted by molar-refractivity contribution is -0.269. The van der Waals surface area contributed by atoms with Gasteiger partial charge in [-0.1, -0.05) is 41.5 Å². The predicted molar refractivity (Wildman–Crippen MR) is 64.9 cm³/mol. The highest BCUT2D eigenvalue weighted by atomic mass is 16.7. The molecule has 0 rings (SSSR count). The van der Waals surface area contributed by atoms with Crippen LogP contribution in [0.25, 0.3) is 0 Å². The number of methoxy groups -OCH3 is 2. The molecule has 0 fully saturated rings. The summed E-state index contributed by atoms with van der Waals surface area (Å²) < 4.78 is 11.2. The molecule has 0 heterocycles. The Labute approximate surface area is 95.3 Å². The molecule has 2 heteroatoms. The van der Waals surface area contributed by atoms with Crippen LogP contribution in [0, 0.1) is 10.8 Å². The second-order valence-corrected chi connectivity index (χ2v) is 6.47. The van der Waals surface area contributed by atoms with Gasteiger partial charge in [-0.05, 0) is 11.8 Å². The fourth-order valence-corrected chi connectivity index (χ4v) is 1.81. The van der Waals surface area contributed by atoms with Crippen LogP contribution < -0.4 is 0 Å². The van der Waals surface area contributed by atoms with Crippen molar-refractivity contribution in [2.45, 2.75) is 60.2 Å². The maximum Gasteiger partial charge on any atom is 0.172 e. The van der Waals surface area contributed by atoms with Crippen molar-refractivity contribution in [3.63, 3.8) is 0 Å². The highest BCUT2D eigenvalue weighted by molar-refractivity contribution is 4.85. The van der Waals surface area contributed by atoms with Crippen molar-refractivity contribution in [1.29, 1.82) is 0 Å². The van der Waals surface area contributed by atoms with E-state index in [-0.39, 0.29) is 5.41 Å². The van der Waals surface area contributed by atoms with Crippen LogP contribution >= 0.6 is 0 Å². The summed E-state index contributed by atoms with van der Waals surface area (Å²) in [5.74, 6) is -0.472. The quantitative estimate of drug-likeness (QED) is 0.665. The third-order valence-corrected chi connectivity index (χ3v) is 3.01. The third kappa shape index (κ3) is 4.12. The van der Waals surface area contributed by atoms with Crippen LogP contribution in [-0.2, 0) is 9.47 Å². The van der Waals surface area contributed by atoms with E-state index in [2.05, 4.69) is 41.5 Å². The summed E-state index contributed by atoms with van der Waals surface area (Å²) in [4.78, 5) is 0. The molecule has 0 aliphatic carbocycles. The Balaban J connectivity index is 4.67. The van der Waals surface area contributed by atoms with Gasteiger partial charge in [-0.25, -0.2) is 0 Å². The van der Waals surface area contributed by atoms with Crippen molar-refractivity contribution in [3.8, 4) is 0 Å². The maximum absolute atomic E-state index is 5.62. The zero-order valence-corrected chi connectivity index (χ0v) is 11.7. The van der Waals surface area contributed by atoms with Gasteiger partial charge in [0.1, 0.15) is 0 Å². The van der Waals surface area contributed by atoms with Gasteiger partial charge in [0.2, 0.25) is 0 Å². The first-order valence-electron chi connectivity index (χ1n) is 5.68. The Kier molecular flexibility index (Phi) is 4.81. The van der Waals surface area contributed by atoms with Crippen LogP contribution in [0.4, 0.5) is 0 Å². The molecular weight excluding hydrogens is 188 g/mol. The fourth-order valence-electron chi connectivity index (χ4n) is 1.81. The summed E-state index contributed by atoms with van der Waals surface area (Å²) >= 11 is 0. The van der Waals surface area contributed by atoms with Crippen molar-refractivity contribution in [3.05, 3.63) is 0 Å². The minimum atomic E-state index is -0.472. The molecule has 0 radical (unpaired) electrons. The Hall–Kier alpha value is -0.0800. The molecule has 0 amide bonds. The summed E-state index contributed by atoms with van der Waals surface area (Å²) in [7, 11) is 3.47. The molecule has 0 bridgehead atoms. The van der Waals surface area contributed by atoms with Crippen molar-refractivity contribution < 1.29 is 9.47 Å². The lowest BCUT2D eigenvalue weighted by Crippen LogP contribution is -2.47. The van der Waals surface area contributed by atoms with E-state index in [1.165, 1.54) is 0 Å². The number of ether oxygens (including phenoxy) is 2. The SMILES string of the molecule is COC(CCC(C)(C)C)(OC)C(C)(C)C. The lowest BCUT2D eigenvalue weighted by Gasteiger charge is -2.43. The van der Waals surface area contributed by atoms with Crippen LogP contribution in [0.1, 0.15) is 54.4 Å². The molecule has 0 aromatic heterocycles. The average molecular weight is 216 g/mol. The number of rotatable bonds is 4. The molecule has 15 heavy (non-hydrogen) atoms. The molecule has 0 aliphatic heterocycles. The molecule has 0 saturated heterocycles. The first-order valence-corrected chi connectivity index (χ1v) is 5.68. The summed E-state index contributed by atoms with van der Waals surface area (Å²) in [5, 5.41) is 0. The standard InChI is InChI=1S/C13H28O2/c1-11(2,3)9-10-13(14-7,15-8)12(4,5)6/h9-10H2,1-8H3. The van der Waals surface area contributed by atoms with Crippen LogP contribution in [0.5, 0.6) is 0 Å². The van der Waals surface area contributed by atoms with Gasteiger partial charge in [0.05, 0.1) is 0 Å². The average Bonchev–Trinajstić information content (AvgIpc) is 2.02. The minimum absolute atomic E-state index is 0.0122. The lowest BCUT2D eigenvalue weighted by atomic mass is 9.78. The first-order chi connectivity index (χ1) is 6.58. The van der Waals surface area contributed by atoms with Gasteiger partial charge >= 0.3 is 0 Å². The monoisotopic (exact) mass is 216 g/mol. The van der Waals surface area contributed by atoms with Gasteiger partial charge < -0.3 is 9.47 Å². The number of hydrogen-bond acceptors (Lipinski definition) is 2. The van der Waals surface area contributed by atoms with Gasteiger partial charge in [0.25, 0.3) is 0 Å². The summed E-state index contributed by atoms with van der Waals surface area (Å²) in [6.45, 7) is 13.2. The summed E-state index contributed by atoms with van der Waals surface area (Å²) in [6.07, 6.45) is 2.01. The minimum Gasteiger partial charge on any atom is -0.353 e. The third-order valence-electron chi connectivity index (χ3n) is 3.01. The molecule has 0 N–H and O–H groups in total. The Morgan fingerprint density at radius 3 is 1.33 bits per heavy atom. The van der Waals surface area contributed by atoms with Gasteiger partial charge in [0.15, 0.2) is 5.79 Å². The van der Waals surface area contributed by atoms with Crippen LogP contribution in [0.3, 0.4) is 0 Å². The van der Waals surface area contributed by atoms with E-state index >= 15 is 0 Å². The van der Waals surface area contributed by atoms with Crippen LogP contribution in [-0.4, -0.2) is 20.0 Å². The molecule has 0 spiro atoms. The molecular formula is C13H28O2. The smallest absolute Gasteiger partial charge is 0.172 e. The highest BCUT2D eigenvalue weighted by Crippen LogP contribution is 2.40. The zero-order chi connectivity index (χ0) is 12.3. The number of hydrogen-bond donors (Lipinski definition) is 0. The van der Waals surface area contributed by atoms with E-state index in [4.69, 9.17) is 9.47 Å². The van der Waals surface area contributed by atoms with E-state index in [0.717, 1.165) is 12.8 Å². The normalized spacial score (nSPS) is 14.4. The molecule has 0 aliphatic rings. The van der Waals surface area contributed by atoms with Crippen LogP contribution in [0.2, 0.25) is 0 Å². The predicted octanol–water partition coefficient (Wildman–Crippen LogP) is 3.85. The Morgan fingerprint density at radius 2 is 1.13 bits per heavy atom. The fraction of sp³-hybridized carbons (Fsp3) is 1.00. The second kappa shape index (κ2) is 4.84. The van der Waals surface area contributed by atoms with Crippen molar-refractivity contribution in [2.75, 3.05) is 14.2 Å². The van der Waals surface area contributed by atoms with Gasteiger partial charge in [-0.3, -0.25) is 0 Å². The first kappa shape index (κ1) is 14.9. The highest BCUT2D eigenvalue weighted by Gasteiger charge is 2.42. The van der Waals surface area contributed by atoms with E-state index in [9.17, 15) is 0 Å². The van der Waals surface area contributed by atoms with Crippen molar-refractivity contribution >= 4 is 0 Å². The molecule has 0 atom stereocenters. The largest absolute Gasteiger partial charge is 0.353 e. The molecule has 0 aromatic rings. The van der Waals surface area contributed by atoms with Crippen molar-refractivity contribution in [1.82, 2.24) is 0 Å². The molecule has 0 saturated carbocycles. The second-order valence-electron chi connectivity index (χ2n) is 6.47. The maximum atomic E-state index is 5.62. The topological polar surface area (TPSA) is 18.5 Å². The zero-order valence-electron chi connectivity index (χ0n) is 11.7. The molecule has 0 aromatic carbocycles. The molecule has 0 unspecified atom stereocenters. The summed E-state index contributed by atoms with van der Waals surface area (Å²) in [6, 6.07) is 0. The Morgan fingerprint density at radius 1 is 0.733 bits per heavy atom. The van der Waals surface area contributed by atoms with E-state index in [1.54, 1.807) is 14.2 Å². The van der Waals surface area contributed by atoms with E-state index in [0.29, 0.717) is 5.41 Å². The van der Waals surface area contributed by atoms with Gasteiger partial charge in [-0.2, -0.15) is 0 Å².